The lowest BCUT2D eigenvalue weighted by molar-refractivity contribution is -0.161. The summed E-state index contributed by atoms with van der Waals surface area (Å²) >= 11 is 0. The van der Waals surface area contributed by atoms with Gasteiger partial charge in [0.2, 0.25) is 0 Å². The van der Waals surface area contributed by atoms with Crippen molar-refractivity contribution in [1.82, 2.24) is 0 Å². The first-order valence-electron chi connectivity index (χ1n) is 17.0. The van der Waals surface area contributed by atoms with E-state index < -0.39 is 18.2 Å². The zero-order chi connectivity index (χ0) is 32.5. The molecule has 250 valence electrons. The number of unbranched alkanes of at least 4 members (excludes halogenated alkanes) is 6. The van der Waals surface area contributed by atoms with Gasteiger partial charge >= 0.3 is 11.9 Å². The smallest absolute Gasteiger partial charge is 0.306 e. The fourth-order valence-corrected chi connectivity index (χ4v) is 4.20. The van der Waals surface area contributed by atoms with E-state index in [4.69, 9.17) is 9.47 Å². The molecule has 0 aromatic heterocycles. The molecule has 2 N–H and O–H groups in total. The van der Waals surface area contributed by atoms with E-state index >= 15 is 0 Å². The normalized spacial score (nSPS) is 14.0. The predicted molar refractivity (Wildman–Crippen MR) is 183 cm³/mol. The van der Waals surface area contributed by atoms with Gasteiger partial charge in [-0.25, -0.2) is 0 Å². The molecule has 0 fully saturated rings. The molecule has 0 aliphatic rings. The number of carbonyl (C=O) groups is 2. The van der Waals surface area contributed by atoms with E-state index in [2.05, 4.69) is 51.2 Å². The van der Waals surface area contributed by atoms with E-state index in [1.54, 1.807) is 6.08 Å². The standard InChI is InChI=1S/C38H62O6/c1-4-5-6-7-18-23-28-35(40)29-24-19-14-10-8-9-11-15-21-26-31-38(42)44-36(32-39)33-43-37(41)30-25-20-16-12-13-17-22-27-34(2)3/h5-6,8-9,14-15,18-19,21,23-24,29,34-36,39-40H,4,7,10-13,16-17,20,22,25-28,30-33H2,1-3H3/b6-5-,9-8-,19-14-,21-15-,23-18-,29-24+/t35?,36-/m0/s1. The summed E-state index contributed by atoms with van der Waals surface area (Å²) in [5, 5.41) is 19.4. The summed E-state index contributed by atoms with van der Waals surface area (Å²) in [4.78, 5) is 24.1. The summed E-state index contributed by atoms with van der Waals surface area (Å²) in [5.74, 6) is 0.0489. The monoisotopic (exact) mass is 614 g/mol. The fourth-order valence-electron chi connectivity index (χ4n) is 4.20. The molecule has 44 heavy (non-hydrogen) atoms. The highest BCUT2D eigenvalue weighted by molar-refractivity contribution is 5.70. The number of hydrogen-bond acceptors (Lipinski definition) is 6. The van der Waals surface area contributed by atoms with Crippen LogP contribution in [0.2, 0.25) is 0 Å². The lowest BCUT2D eigenvalue weighted by atomic mass is 10.0. The Labute approximate surface area is 268 Å². The maximum atomic E-state index is 12.1. The SMILES string of the molecule is CC/C=C\C/C=C\CC(O)/C=C/C=C\C/C=C\C/C=C\CCC(=O)O[C@@H](CO)COC(=O)CCCCCCCCCC(C)C. The van der Waals surface area contributed by atoms with Crippen molar-refractivity contribution in [2.45, 2.75) is 136 Å². The van der Waals surface area contributed by atoms with Crippen LogP contribution in [0.15, 0.2) is 72.9 Å². The molecule has 1 unspecified atom stereocenters. The molecule has 0 rings (SSSR count). The first kappa shape index (κ1) is 41.3. The average molecular weight is 615 g/mol. The molecule has 0 saturated heterocycles. The van der Waals surface area contributed by atoms with Crippen LogP contribution in [0.3, 0.4) is 0 Å². The van der Waals surface area contributed by atoms with Crippen LogP contribution >= 0.6 is 0 Å². The minimum Gasteiger partial charge on any atom is -0.462 e. The molecule has 0 aromatic rings. The molecular weight excluding hydrogens is 552 g/mol. The Morgan fingerprint density at radius 2 is 1.32 bits per heavy atom. The highest BCUT2D eigenvalue weighted by Crippen LogP contribution is 2.13. The quantitative estimate of drug-likeness (QED) is 0.0395. The lowest BCUT2D eigenvalue weighted by Crippen LogP contribution is -2.28. The molecule has 0 radical (unpaired) electrons. The molecule has 0 bridgehead atoms. The lowest BCUT2D eigenvalue weighted by Gasteiger charge is -2.15. The van der Waals surface area contributed by atoms with Gasteiger partial charge in [-0.2, -0.15) is 0 Å². The van der Waals surface area contributed by atoms with Gasteiger partial charge in [-0.3, -0.25) is 9.59 Å². The average Bonchev–Trinajstić information content (AvgIpc) is 3.00. The highest BCUT2D eigenvalue weighted by Gasteiger charge is 2.15. The molecule has 0 heterocycles. The number of hydrogen-bond donors (Lipinski definition) is 2. The summed E-state index contributed by atoms with van der Waals surface area (Å²) in [5.41, 5.74) is 0. The first-order chi connectivity index (χ1) is 21.4. The number of aliphatic hydroxyl groups is 2. The maximum Gasteiger partial charge on any atom is 0.306 e. The molecule has 0 amide bonds. The predicted octanol–water partition coefficient (Wildman–Crippen LogP) is 9.05. The Kier molecular flexibility index (Phi) is 29.8. The van der Waals surface area contributed by atoms with Crippen LogP contribution in [0.1, 0.15) is 124 Å². The van der Waals surface area contributed by atoms with Crippen molar-refractivity contribution in [2.24, 2.45) is 5.92 Å². The topological polar surface area (TPSA) is 93.1 Å². The Balaban J connectivity index is 3.86. The summed E-state index contributed by atoms with van der Waals surface area (Å²) < 4.78 is 10.5. The van der Waals surface area contributed by atoms with E-state index in [0.717, 1.165) is 50.9 Å². The number of rotatable bonds is 28. The van der Waals surface area contributed by atoms with Crippen LogP contribution in [0.4, 0.5) is 0 Å². The second kappa shape index (κ2) is 31.7. The Morgan fingerprint density at radius 3 is 2.00 bits per heavy atom. The van der Waals surface area contributed by atoms with Gasteiger partial charge in [0.1, 0.15) is 6.61 Å². The minimum absolute atomic E-state index is 0.114. The van der Waals surface area contributed by atoms with Crippen molar-refractivity contribution in [1.29, 1.82) is 0 Å². The zero-order valence-electron chi connectivity index (χ0n) is 27.9. The first-order valence-corrected chi connectivity index (χ1v) is 17.0. The van der Waals surface area contributed by atoms with Crippen LogP contribution in [0.25, 0.3) is 0 Å². The van der Waals surface area contributed by atoms with Crippen LogP contribution in [0, 0.1) is 5.92 Å². The molecule has 0 aliphatic heterocycles. The molecular formula is C38H62O6. The Bertz CT molecular complexity index is 865. The largest absolute Gasteiger partial charge is 0.462 e. The van der Waals surface area contributed by atoms with Gasteiger partial charge < -0.3 is 19.7 Å². The number of ether oxygens (including phenoxy) is 2. The van der Waals surface area contributed by atoms with Gasteiger partial charge in [0.05, 0.1) is 12.7 Å². The number of allylic oxidation sites excluding steroid dienone is 10. The van der Waals surface area contributed by atoms with Crippen molar-refractivity contribution in [3.8, 4) is 0 Å². The molecule has 0 spiro atoms. The molecule has 6 heteroatoms. The van der Waals surface area contributed by atoms with E-state index in [1.807, 2.05) is 36.5 Å². The minimum atomic E-state index is -0.829. The number of carbonyl (C=O) groups excluding carboxylic acids is 2. The highest BCUT2D eigenvalue weighted by atomic mass is 16.6. The van der Waals surface area contributed by atoms with Crippen molar-refractivity contribution in [2.75, 3.05) is 13.2 Å². The second-order valence-corrected chi connectivity index (χ2v) is 11.5. The van der Waals surface area contributed by atoms with Crippen LogP contribution in [-0.4, -0.2) is 47.6 Å². The zero-order valence-corrected chi connectivity index (χ0v) is 27.9. The summed E-state index contributed by atoms with van der Waals surface area (Å²) in [7, 11) is 0. The van der Waals surface area contributed by atoms with Gasteiger partial charge in [0.15, 0.2) is 6.10 Å². The van der Waals surface area contributed by atoms with Crippen LogP contribution < -0.4 is 0 Å². The Morgan fingerprint density at radius 1 is 0.705 bits per heavy atom. The van der Waals surface area contributed by atoms with Crippen molar-refractivity contribution >= 4 is 11.9 Å². The molecule has 6 nitrogen and oxygen atoms in total. The third-order valence-electron chi connectivity index (χ3n) is 6.79. The summed E-state index contributed by atoms with van der Waals surface area (Å²) in [6.07, 6.45) is 37.2. The number of esters is 2. The molecule has 0 aromatic carbocycles. The van der Waals surface area contributed by atoms with Crippen molar-refractivity contribution in [3.63, 3.8) is 0 Å². The second-order valence-electron chi connectivity index (χ2n) is 11.5. The summed E-state index contributed by atoms with van der Waals surface area (Å²) in [6.45, 7) is 6.14. The molecule has 2 atom stereocenters. The van der Waals surface area contributed by atoms with Gasteiger partial charge in [-0.1, -0.05) is 139 Å². The Hall–Kier alpha value is -2.70. The number of aliphatic hydroxyl groups excluding tert-OH is 2. The van der Waals surface area contributed by atoms with Crippen LogP contribution in [0.5, 0.6) is 0 Å². The maximum absolute atomic E-state index is 12.1. The van der Waals surface area contributed by atoms with Gasteiger partial charge in [-0.15, -0.1) is 0 Å². The van der Waals surface area contributed by atoms with Crippen LogP contribution in [-0.2, 0) is 19.1 Å². The molecule has 0 saturated carbocycles. The van der Waals surface area contributed by atoms with Crippen molar-refractivity contribution < 1.29 is 29.3 Å². The third kappa shape index (κ3) is 30.7. The molecule has 0 aliphatic carbocycles. The van der Waals surface area contributed by atoms with Gasteiger partial charge in [-0.05, 0) is 50.9 Å². The van der Waals surface area contributed by atoms with E-state index in [0.29, 0.717) is 19.3 Å². The fraction of sp³-hybridized carbons (Fsp3) is 0.632. The summed E-state index contributed by atoms with van der Waals surface area (Å²) in [6, 6.07) is 0. The van der Waals surface area contributed by atoms with E-state index in [9.17, 15) is 19.8 Å². The van der Waals surface area contributed by atoms with Crippen molar-refractivity contribution in [3.05, 3.63) is 72.9 Å². The van der Waals surface area contributed by atoms with Gasteiger partial charge in [0, 0.05) is 12.8 Å². The van der Waals surface area contributed by atoms with E-state index in [-0.39, 0.29) is 25.6 Å². The van der Waals surface area contributed by atoms with E-state index in [1.165, 1.54) is 32.1 Å². The third-order valence-corrected chi connectivity index (χ3v) is 6.79. The van der Waals surface area contributed by atoms with Gasteiger partial charge in [0.25, 0.3) is 0 Å².